The molecule has 1 saturated heterocycles. The fourth-order valence-corrected chi connectivity index (χ4v) is 2.51. The van der Waals surface area contributed by atoms with Gasteiger partial charge < -0.3 is 14.5 Å². The van der Waals surface area contributed by atoms with Gasteiger partial charge in [0.1, 0.15) is 12.1 Å². The van der Waals surface area contributed by atoms with Crippen molar-refractivity contribution in [3.05, 3.63) is 28.6 Å². The van der Waals surface area contributed by atoms with Crippen LogP contribution in [-0.2, 0) is 11.3 Å². The van der Waals surface area contributed by atoms with Gasteiger partial charge in [0.25, 0.3) is 0 Å². The lowest BCUT2D eigenvalue weighted by Crippen LogP contribution is -2.32. The molecule has 3 rings (SSSR count). The van der Waals surface area contributed by atoms with Crippen molar-refractivity contribution < 1.29 is 9.15 Å². The van der Waals surface area contributed by atoms with Crippen LogP contribution in [0.1, 0.15) is 18.7 Å². The maximum Gasteiger partial charge on any atom is 0.221 e. The van der Waals surface area contributed by atoms with Crippen molar-refractivity contribution in [1.29, 1.82) is 0 Å². The molecule has 96 valence electrons. The fraction of sp³-hybridized carbons (Fsp3) is 0.462. The van der Waals surface area contributed by atoms with E-state index in [9.17, 15) is 0 Å². The molecule has 5 heteroatoms. The Morgan fingerprint density at radius 3 is 3.06 bits per heavy atom. The number of fused-ring (bicyclic) bond motifs is 1. The van der Waals surface area contributed by atoms with E-state index in [1.807, 2.05) is 18.2 Å². The number of hydrogen-bond acceptors (Lipinski definition) is 4. The van der Waals surface area contributed by atoms with Gasteiger partial charge in [-0.15, -0.1) is 0 Å². The molecule has 0 aliphatic carbocycles. The van der Waals surface area contributed by atoms with Gasteiger partial charge in [-0.25, -0.2) is 4.98 Å². The predicted molar refractivity (Wildman–Crippen MR) is 72.4 cm³/mol. The third kappa shape index (κ3) is 2.74. The zero-order valence-electron chi connectivity index (χ0n) is 9.99. The first-order chi connectivity index (χ1) is 8.81. The minimum absolute atomic E-state index is 0.327. The van der Waals surface area contributed by atoms with Crippen LogP contribution in [-0.4, -0.2) is 24.2 Å². The van der Waals surface area contributed by atoms with Crippen molar-refractivity contribution >= 4 is 27.0 Å². The quantitative estimate of drug-likeness (QED) is 0.947. The van der Waals surface area contributed by atoms with Crippen molar-refractivity contribution in [2.24, 2.45) is 0 Å². The lowest BCUT2D eigenvalue weighted by Gasteiger charge is -2.22. The Labute approximate surface area is 114 Å². The van der Waals surface area contributed by atoms with E-state index in [1.54, 1.807) is 0 Å². The molecular weight excluding hydrogens is 296 g/mol. The number of piperidine rings is 1. The zero-order valence-corrected chi connectivity index (χ0v) is 11.6. The SMILES string of the molecule is Brc1ccc2oc(COC3CCNCC3)nc2c1. The second kappa shape index (κ2) is 5.38. The van der Waals surface area contributed by atoms with Crippen molar-refractivity contribution in [1.82, 2.24) is 10.3 Å². The van der Waals surface area contributed by atoms with Gasteiger partial charge in [0.05, 0.1) is 6.10 Å². The third-order valence-electron chi connectivity index (χ3n) is 3.12. The van der Waals surface area contributed by atoms with Crippen LogP contribution in [0.5, 0.6) is 0 Å². The lowest BCUT2D eigenvalue weighted by molar-refractivity contribution is 0.0113. The first-order valence-electron chi connectivity index (χ1n) is 6.18. The molecule has 1 aliphatic heterocycles. The third-order valence-corrected chi connectivity index (χ3v) is 3.62. The van der Waals surface area contributed by atoms with E-state index in [0.29, 0.717) is 18.6 Å². The highest BCUT2D eigenvalue weighted by Gasteiger charge is 2.15. The number of ether oxygens (including phenoxy) is 1. The molecule has 1 aliphatic rings. The molecule has 0 radical (unpaired) electrons. The predicted octanol–water partition coefficient (Wildman–Crippen LogP) is 2.86. The molecule has 0 amide bonds. The summed E-state index contributed by atoms with van der Waals surface area (Å²) < 4.78 is 12.5. The molecule has 18 heavy (non-hydrogen) atoms. The minimum atomic E-state index is 0.327. The number of hydrogen-bond donors (Lipinski definition) is 1. The first kappa shape index (κ1) is 12.1. The van der Waals surface area contributed by atoms with Crippen molar-refractivity contribution in [2.75, 3.05) is 13.1 Å². The number of aromatic nitrogens is 1. The van der Waals surface area contributed by atoms with Crippen LogP contribution in [0.3, 0.4) is 0 Å². The summed E-state index contributed by atoms with van der Waals surface area (Å²) in [6.07, 6.45) is 2.45. The lowest BCUT2D eigenvalue weighted by atomic mass is 10.1. The minimum Gasteiger partial charge on any atom is -0.438 e. The van der Waals surface area contributed by atoms with Gasteiger partial charge in [-0.05, 0) is 44.1 Å². The van der Waals surface area contributed by atoms with E-state index < -0.39 is 0 Å². The molecule has 1 aromatic carbocycles. The van der Waals surface area contributed by atoms with Gasteiger partial charge >= 0.3 is 0 Å². The number of nitrogens with one attached hydrogen (secondary N) is 1. The summed E-state index contributed by atoms with van der Waals surface area (Å²) in [4.78, 5) is 4.42. The highest BCUT2D eigenvalue weighted by molar-refractivity contribution is 9.10. The monoisotopic (exact) mass is 310 g/mol. The molecule has 2 heterocycles. The van der Waals surface area contributed by atoms with Crippen LogP contribution in [0.15, 0.2) is 27.1 Å². The molecule has 0 saturated carbocycles. The highest BCUT2D eigenvalue weighted by atomic mass is 79.9. The molecule has 0 atom stereocenters. The van der Waals surface area contributed by atoms with E-state index in [2.05, 4.69) is 26.2 Å². The van der Waals surface area contributed by atoms with Gasteiger partial charge in [-0.1, -0.05) is 15.9 Å². The average molecular weight is 311 g/mol. The van der Waals surface area contributed by atoms with Crippen LogP contribution >= 0.6 is 15.9 Å². The zero-order chi connectivity index (χ0) is 12.4. The van der Waals surface area contributed by atoms with Crippen LogP contribution in [0, 0.1) is 0 Å². The van der Waals surface area contributed by atoms with E-state index in [0.717, 1.165) is 41.5 Å². The van der Waals surface area contributed by atoms with Crippen LogP contribution in [0.2, 0.25) is 0 Å². The summed E-state index contributed by atoms with van der Waals surface area (Å²) in [6, 6.07) is 5.82. The average Bonchev–Trinajstić information content (AvgIpc) is 2.79. The maximum atomic E-state index is 5.82. The van der Waals surface area contributed by atoms with Gasteiger partial charge in [-0.2, -0.15) is 0 Å². The van der Waals surface area contributed by atoms with E-state index in [-0.39, 0.29) is 0 Å². The number of benzene rings is 1. The van der Waals surface area contributed by atoms with Gasteiger partial charge in [0.15, 0.2) is 5.58 Å². The van der Waals surface area contributed by atoms with Crippen LogP contribution in [0.25, 0.3) is 11.1 Å². The first-order valence-corrected chi connectivity index (χ1v) is 6.98. The number of oxazole rings is 1. The number of rotatable bonds is 3. The second-order valence-electron chi connectivity index (χ2n) is 4.48. The molecule has 1 fully saturated rings. The Morgan fingerprint density at radius 1 is 1.39 bits per heavy atom. The fourth-order valence-electron chi connectivity index (χ4n) is 2.16. The van der Waals surface area contributed by atoms with Crippen LogP contribution in [0.4, 0.5) is 0 Å². The van der Waals surface area contributed by atoms with E-state index >= 15 is 0 Å². The smallest absolute Gasteiger partial charge is 0.221 e. The molecule has 0 unspecified atom stereocenters. The topological polar surface area (TPSA) is 47.3 Å². The Morgan fingerprint density at radius 2 is 2.22 bits per heavy atom. The molecule has 2 aromatic rings. The summed E-state index contributed by atoms with van der Waals surface area (Å²) in [5, 5.41) is 3.32. The van der Waals surface area contributed by atoms with Crippen molar-refractivity contribution in [3.63, 3.8) is 0 Å². The van der Waals surface area contributed by atoms with E-state index in [1.165, 1.54) is 0 Å². The standard InChI is InChI=1S/C13H15BrN2O2/c14-9-1-2-12-11(7-9)16-13(18-12)8-17-10-3-5-15-6-4-10/h1-2,7,10,15H,3-6,8H2. The van der Waals surface area contributed by atoms with Crippen LogP contribution < -0.4 is 5.32 Å². The normalized spacial score (nSPS) is 17.4. The van der Waals surface area contributed by atoms with Gasteiger partial charge in [-0.3, -0.25) is 0 Å². The largest absolute Gasteiger partial charge is 0.438 e. The Hall–Kier alpha value is -0.910. The summed E-state index contributed by atoms with van der Waals surface area (Å²) in [6.45, 7) is 2.52. The number of nitrogens with zero attached hydrogens (tertiary/aromatic N) is 1. The maximum absolute atomic E-state index is 5.82. The second-order valence-corrected chi connectivity index (χ2v) is 5.40. The summed E-state index contributed by atoms with van der Waals surface area (Å²) in [7, 11) is 0. The van der Waals surface area contributed by atoms with Gasteiger partial charge in [0, 0.05) is 4.47 Å². The van der Waals surface area contributed by atoms with E-state index in [4.69, 9.17) is 9.15 Å². The van der Waals surface area contributed by atoms with Crippen molar-refractivity contribution in [3.8, 4) is 0 Å². The molecule has 1 N–H and O–H groups in total. The summed E-state index contributed by atoms with van der Waals surface area (Å²) in [5.41, 5.74) is 1.68. The Bertz CT molecular complexity index is 535. The molecule has 1 aromatic heterocycles. The molecule has 0 bridgehead atoms. The summed E-state index contributed by atoms with van der Waals surface area (Å²) >= 11 is 3.42. The van der Waals surface area contributed by atoms with Crippen molar-refractivity contribution in [2.45, 2.75) is 25.6 Å². The van der Waals surface area contributed by atoms with Gasteiger partial charge in [0.2, 0.25) is 5.89 Å². The molecule has 0 spiro atoms. The molecular formula is C13H15BrN2O2. The Kier molecular flexibility index (Phi) is 3.63. The molecule has 4 nitrogen and oxygen atoms in total. The Balaban J connectivity index is 1.67. The summed E-state index contributed by atoms with van der Waals surface area (Å²) in [5.74, 6) is 0.654. The number of halogens is 1. The highest BCUT2D eigenvalue weighted by Crippen LogP contribution is 2.21.